The highest BCUT2D eigenvalue weighted by molar-refractivity contribution is 7.92. The van der Waals surface area contributed by atoms with E-state index in [1.54, 1.807) is 6.08 Å². The molecule has 6 nitrogen and oxygen atoms in total. The SMILES string of the molecule is O=C(CCNS(=O)(=O)/C=C/c1ccccc1)N1CCOC2CCCCC21. The molecule has 2 atom stereocenters. The lowest BCUT2D eigenvalue weighted by Gasteiger charge is -2.43. The highest BCUT2D eigenvalue weighted by Gasteiger charge is 2.36. The van der Waals surface area contributed by atoms with Gasteiger partial charge in [-0.2, -0.15) is 0 Å². The van der Waals surface area contributed by atoms with Gasteiger partial charge in [0.1, 0.15) is 0 Å². The molecule has 1 N–H and O–H groups in total. The van der Waals surface area contributed by atoms with Crippen molar-refractivity contribution in [2.45, 2.75) is 44.2 Å². The first-order valence-electron chi connectivity index (χ1n) is 9.19. The Morgan fingerprint density at radius 2 is 2.00 bits per heavy atom. The summed E-state index contributed by atoms with van der Waals surface area (Å²) in [6.07, 6.45) is 6.10. The third kappa shape index (κ3) is 5.16. The minimum atomic E-state index is -3.56. The van der Waals surface area contributed by atoms with Crippen molar-refractivity contribution in [3.8, 4) is 0 Å². The second kappa shape index (κ2) is 8.79. The monoisotopic (exact) mass is 378 g/mol. The van der Waals surface area contributed by atoms with Crippen molar-refractivity contribution in [2.75, 3.05) is 19.7 Å². The number of morpholine rings is 1. The first-order valence-corrected chi connectivity index (χ1v) is 10.7. The van der Waals surface area contributed by atoms with Crippen LogP contribution in [0.3, 0.4) is 0 Å². The van der Waals surface area contributed by atoms with Crippen LogP contribution < -0.4 is 4.72 Å². The van der Waals surface area contributed by atoms with Crippen LogP contribution in [0.5, 0.6) is 0 Å². The van der Waals surface area contributed by atoms with Gasteiger partial charge in [-0.25, -0.2) is 13.1 Å². The Morgan fingerprint density at radius 1 is 1.23 bits per heavy atom. The van der Waals surface area contributed by atoms with Gasteiger partial charge in [-0.05, 0) is 24.5 Å². The number of rotatable bonds is 6. The maximum atomic E-state index is 12.5. The minimum absolute atomic E-state index is 0.0000565. The van der Waals surface area contributed by atoms with Gasteiger partial charge >= 0.3 is 0 Å². The maximum absolute atomic E-state index is 12.5. The number of sulfonamides is 1. The zero-order valence-electron chi connectivity index (χ0n) is 14.8. The van der Waals surface area contributed by atoms with Crippen molar-refractivity contribution in [3.05, 3.63) is 41.3 Å². The Kier molecular flexibility index (Phi) is 6.45. The van der Waals surface area contributed by atoms with Crippen LogP contribution in [0.4, 0.5) is 0 Å². The van der Waals surface area contributed by atoms with Crippen molar-refractivity contribution in [2.24, 2.45) is 0 Å². The third-order valence-electron chi connectivity index (χ3n) is 4.93. The van der Waals surface area contributed by atoms with Gasteiger partial charge in [0, 0.05) is 24.9 Å². The first kappa shape index (κ1) is 19.1. The van der Waals surface area contributed by atoms with Gasteiger partial charge in [-0.3, -0.25) is 4.79 Å². The van der Waals surface area contributed by atoms with Gasteiger partial charge in [-0.15, -0.1) is 0 Å². The molecule has 1 saturated carbocycles. The van der Waals surface area contributed by atoms with Gasteiger partial charge in [0.2, 0.25) is 15.9 Å². The van der Waals surface area contributed by atoms with Crippen LogP contribution in [0.25, 0.3) is 6.08 Å². The molecule has 1 heterocycles. The van der Waals surface area contributed by atoms with Crippen LogP contribution >= 0.6 is 0 Å². The highest BCUT2D eigenvalue weighted by Crippen LogP contribution is 2.28. The average Bonchev–Trinajstić information content (AvgIpc) is 2.66. The number of amides is 1. The van der Waals surface area contributed by atoms with Crippen LogP contribution in [0.2, 0.25) is 0 Å². The van der Waals surface area contributed by atoms with Crippen LogP contribution in [0.15, 0.2) is 35.7 Å². The molecule has 1 aromatic rings. The first-order chi connectivity index (χ1) is 12.6. The Morgan fingerprint density at radius 3 is 2.81 bits per heavy atom. The number of nitrogens with one attached hydrogen (secondary N) is 1. The van der Waals surface area contributed by atoms with E-state index in [2.05, 4.69) is 4.72 Å². The van der Waals surface area contributed by atoms with Crippen molar-refractivity contribution >= 4 is 22.0 Å². The molecule has 1 aliphatic heterocycles. The number of hydrogen-bond donors (Lipinski definition) is 1. The zero-order valence-corrected chi connectivity index (χ0v) is 15.7. The van der Waals surface area contributed by atoms with Gasteiger partial charge in [-0.1, -0.05) is 43.2 Å². The van der Waals surface area contributed by atoms with E-state index in [0.29, 0.717) is 13.2 Å². The molecule has 0 bridgehead atoms. The predicted molar refractivity (Wildman–Crippen MR) is 101 cm³/mol. The van der Waals surface area contributed by atoms with Crippen molar-refractivity contribution < 1.29 is 17.9 Å². The van der Waals surface area contributed by atoms with Gasteiger partial charge < -0.3 is 9.64 Å². The van der Waals surface area contributed by atoms with Crippen molar-refractivity contribution in [1.82, 2.24) is 9.62 Å². The molecule has 1 aromatic carbocycles. The molecule has 0 aromatic heterocycles. The van der Waals surface area contributed by atoms with Gasteiger partial charge in [0.05, 0.1) is 18.8 Å². The second-order valence-electron chi connectivity index (χ2n) is 6.75. The minimum Gasteiger partial charge on any atom is -0.374 e. The Hall–Kier alpha value is -1.70. The number of ether oxygens (including phenoxy) is 1. The molecule has 7 heteroatoms. The van der Waals surface area contributed by atoms with Crippen LogP contribution in [-0.4, -0.2) is 51.1 Å². The van der Waals surface area contributed by atoms with E-state index >= 15 is 0 Å². The molecular weight excluding hydrogens is 352 g/mol. The van der Waals surface area contributed by atoms with E-state index in [9.17, 15) is 13.2 Å². The van der Waals surface area contributed by atoms with E-state index in [-0.39, 0.29) is 31.0 Å². The lowest BCUT2D eigenvalue weighted by Crippen LogP contribution is -2.55. The normalized spacial score (nSPS) is 23.8. The highest BCUT2D eigenvalue weighted by atomic mass is 32.2. The largest absolute Gasteiger partial charge is 0.374 e. The van der Waals surface area contributed by atoms with Crippen molar-refractivity contribution in [3.63, 3.8) is 0 Å². The molecule has 2 fully saturated rings. The molecule has 1 saturated heterocycles. The van der Waals surface area contributed by atoms with E-state index < -0.39 is 10.0 Å². The van der Waals surface area contributed by atoms with Gasteiger partial charge in [0.25, 0.3) is 0 Å². The van der Waals surface area contributed by atoms with Crippen LogP contribution in [0.1, 0.15) is 37.7 Å². The van der Waals surface area contributed by atoms with Crippen LogP contribution in [0, 0.1) is 0 Å². The van der Waals surface area contributed by atoms with Gasteiger partial charge in [0.15, 0.2) is 0 Å². The second-order valence-corrected chi connectivity index (χ2v) is 8.40. The number of benzene rings is 1. The molecule has 0 spiro atoms. The summed E-state index contributed by atoms with van der Waals surface area (Å²) in [6, 6.07) is 9.37. The Balaban J connectivity index is 1.49. The molecule has 2 unspecified atom stereocenters. The summed E-state index contributed by atoms with van der Waals surface area (Å²) in [5.74, 6) is -0.0000565. The molecule has 3 rings (SSSR count). The number of nitrogens with zero attached hydrogens (tertiary/aromatic N) is 1. The summed E-state index contributed by atoms with van der Waals surface area (Å²) in [4.78, 5) is 14.4. The molecule has 1 aliphatic carbocycles. The molecule has 142 valence electrons. The Labute approximate surface area is 155 Å². The Bertz CT molecular complexity index is 731. The number of carbonyl (C=O) groups is 1. The predicted octanol–water partition coefficient (Wildman–Crippen LogP) is 2.14. The van der Waals surface area contributed by atoms with E-state index in [0.717, 1.165) is 36.7 Å². The number of fused-ring (bicyclic) bond motifs is 1. The smallest absolute Gasteiger partial charge is 0.233 e. The standard InChI is InChI=1S/C19H26N2O4S/c22-19(21-13-14-25-18-9-5-4-8-17(18)21)10-12-20-26(23,24)15-11-16-6-2-1-3-7-16/h1-3,6-7,11,15,17-18,20H,4-5,8-10,12-14H2/b15-11+. The van der Waals surface area contributed by atoms with E-state index in [1.807, 2.05) is 35.2 Å². The lowest BCUT2D eigenvalue weighted by molar-refractivity contribution is -0.149. The molecule has 2 aliphatic rings. The summed E-state index contributed by atoms with van der Waals surface area (Å²) in [6.45, 7) is 1.27. The van der Waals surface area contributed by atoms with E-state index in [4.69, 9.17) is 4.74 Å². The summed E-state index contributed by atoms with van der Waals surface area (Å²) in [5, 5.41) is 1.14. The molecule has 26 heavy (non-hydrogen) atoms. The topological polar surface area (TPSA) is 75.7 Å². The summed E-state index contributed by atoms with van der Waals surface area (Å²) >= 11 is 0. The molecule has 0 radical (unpaired) electrons. The molecule has 1 amide bonds. The number of carbonyl (C=O) groups excluding carboxylic acids is 1. The fraction of sp³-hybridized carbons (Fsp3) is 0.526. The quantitative estimate of drug-likeness (QED) is 0.823. The summed E-state index contributed by atoms with van der Waals surface area (Å²) < 4.78 is 32.4. The number of hydrogen-bond acceptors (Lipinski definition) is 4. The van der Waals surface area contributed by atoms with Crippen LogP contribution in [-0.2, 0) is 19.6 Å². The third-order valence-corrected chi connectivity index (χ3v) is 6.03. The molecular formula is C19H26N2O4S. The fourth-order valence-corrected chi connectivity index (χ4v) is 4.45. The zero-order chi connectivity index (χ0) is 18.4. The van der Waals surface area contributed by atoms with Crippen molar-refractivity contribution in [1.29, 1.82) is 0 Å². The summed E-state index contributed by atoms with van der Waals surface area (Å²) in [7, 11) is -3.56. The fourth-order valence-electron chi connectivity index (χ4n) is 3.63. The summed E-state index contributed by atoms with van der Waals surface area (Å²) in [5.41, 5.74) is 0.811. The average molecular weight is 378 g/mol. The lowest BCUT2D eigenvalue weighted by atomic mass is 9.90. The van der Waals surface area contributed by atoms with E-state index in [1.165, 1.54) is 0 Å². The maximum Gasteiger partial charge on any atom is 0.233 e.